The first kappa shape index (κ1) is 13.3. The molecule has 102 valence electrons. The van der Waals surface area contributed by atoms with Crippen LogP contribution in [0.5, 0.6) is 0 Å². The summed E-state index contributed by atoms with van der Waals surface area (Å²) >= 11 is 1.85. The molecule has 1 atom stereocenters. The molecule has 0 radical (unpaired) electrons. The van der Waals surface area contributed by atoms with Gasteiger partial charge in [0.2, 0.25) is 0 Å². The van der Waals surface area contributed by atoms with Crippen LogP contribution in [0, 0.1) is 0 Å². The molecular formula is C17H18N2S. The Balaban J connectivity index is 2.03. The molecule has 0 fully saturated rings. The van der Waals surface area contributed by atoms with Crippen molar-refractivity contribution in [2.75, 3.05) is 6.54 Å². The molecule has 0 amide bonds. The van der Waals surface area contributed by atoms with Gasteiger partial charge in [-0.15, -0.1) is 11.3 Å². The highest BCUT2D eigenvalue weighted by Gasteiger charge is 2.11. The number of pyridine rings is 1. The Morgan fingerprint density at radius 1 is 1.15 bits per heavy atom. The first-order valence-electron chi connectivity index (χ1n) is 6.93. The summed E-state index contributed by atoms with van der Waals surface area (Å²) in [6.45, 7) is 2.98. The summed E-state index contributed by atoms with van der Waals surface area (Å²) in [5.74, 6) is 0.529. The normalized spacial score (nSPS) is 12.7. The van der Waals surface area contributed by atoms with Gasteiger partial charge in [0.05, 0.1) is 5.52 Å². The Morgan fingerprint density at radius 2 is 2.00 bits per heavy atom. The molecule has 0 spiro atoms. The van der Waals surface area contributed by atoms with E-state index in [2.05, 4.69) is 48.3 Å². The Labute approximate surface area is 123 Å². The quantitative estimate of drug-likeness (QED) is 0.769. The summed E-state index contributed by atoms with van der Waals surface area (Å²) in [4.78, 5) is 7.22. The number of hydrogen-bond acceptors (Lipinski definition) is 3. The average molecular weight is 282 g/mol. The maximum Gasteiger partial charge on any atom is 0.0788 e. The third-order valence-electron chi connectivity index (χ3n) is 3.61. The summed E-state index contributed by atoms with van der Waals surface area (Å²) in [6.07, 6.45) is 2.89. The monoisotopic (exact) mass is 282 g/mol. The summed E-state index contributed by atoms with van der Waals surface area (Å²) in [5.41, 5.74) is 7.95. The molecule has 2 nitrogen and oxygen atoms in total. The van der Waals surface area contributed by atoms with Crippen molar-refractivity contribution < 1.29 is 0 Å². The lowest BCUT2D eigenvalue weighted by Crippen LogP contribution is -2.03. The molecule has 0 saturated carbocycles. The van der Waals surface area contributed by atoms with Crippen LogP contribution in [0.3, 0.4) is 0 Å². The highest BCUT2D eigenvalue weighted by Crippen LogP contribution is 2.35. The van der Waals surface area contributed by atoms with Gasteiger partial charge in [-0.1, -0.05) is 31.2 Å². The number of benzene rings is 1. The molecule has 3 heteroatoms. The van der Waals surface area contributed by atoms with Crippen LogP contribution in [-0.4, -0.2) is 11.5 Å². The Hall–Kier alpha value is -1.71. The predicted octanol–water partition coefficient (Wildman–Crippen LogP) is 4.42. The van der Waals surface area contributed by atoms with Crippen molar-refractivity contribution >= 4 is 22.2 Å². The lowest BCUT2D eigenvalue weighted by molar-refractivity contribution is 0.701. The van der Waals surface area contributed by atoms with E-state index in [9.17, 15) is 0 Å². The van der Waals surface area contributed by atoms with Crippen molar-refractivity contribution in [3.63, 3.8) is 0 Å². The Morgan fingerprint density at radius 3 is 2.85 bits per heavy atom. The predicted molar refractivity (Wildman–Crippen MR) is 87.1 cm³/mol. The number of nitrogens with zero attached hydrogens (tertiary/aromatic N) is 1. The van der Waals surface area contributed by atoms with Crippen molar-refractivity contribution in [3.8, 4) is 10.4 Å². The van der Waals surface area contributed by atoms with Gasteiger partial charge in [0, 0.05) is 26.9 Å². The zero-order valence-electron chi connectivity index (χ0n) is 11.5. The smallest absolute Gasteiger partial charge is 0.0788 e. The average Bonchev–Trinajstić information content (AvgIpc) is 2.97. The summed E-state index contributed by atoms with van der Waals surface area (Å²) < 4.78 is 0. The van der Waals surface area contributed by atoms with Crippen molar-refractivity contribution in [2.45, 2.75) is 19.3 Å². The number of para-hydroxylation sites is 1. The zero-order chi connectivity index (χ0) is 13.9. The summed E-state index contributed by atoms with van der Waals surface area (Å²) in [6, 6.07) is 14.9. The minimum Gasteiger partial charge on any atom is -0.330 e. The molecule has 3 aromatic rings. The van der Waals surface area contributed by atoms with E-state index >= 15 is 0 Å². The molecule has 2 N–H and O–H groups in total. The lowest BCUT2D eigenvalue weighted by atomic mass is 10.1. The molecule has 1 unspecified atom stereocenters. The van der Waals surface area contributed by atoms with Crippen LogP contribution in [0.1, 0.15) is 24.1 Å². The first-order chi connectivity index (χ1) is 9.79. The summed E-state index contributed by atoms with van der Waals surface area (Å²) in [7, 11) is 0. The summed E-state index contributed by atoms with van der Waals surface area (Å²) in [5, 5.41) is 1.19. The molecule has 0 bridgehead atoms. The van der Waals surface area contributed by atoms with Gasteiger partial charge in [0.15, 0.2) is 0 Å². The second-order valence-corrected chi connectivity index (χ2v) is 6.18. The Bertz CT molecular complexity index is 712. The minimum atomic E-state index is 0.529. The van der Waals surface area contributed by atoms with E-state index in [4.69, 9.17) is 5.73 Å². The fraction of sp³-hybridized carbons (Fsp3) is 0.235. The van der Waals surface area contributed by atoms with Crippen molar-refractivity contribution in [3.05, 3.63) is 53.5 Å². The number of thiophene rings is 1. The van der Waals surface area contributed by atoms with E-state index < -0.39 is 0 Å². The van der Waals surface area contributed by atoms with Gasteiger partial charge in [-0.05, 0) is 37.1 Å². The standard InChI is InChI=1S/C17H18N2S/c1-12(9-10-18)15-7-8-16(20-15)14-6-2-4-13-5-3-11-19-17(13)14/h2-8,11-12H,9-10,18H2,1H3. The van der Waals surface area contributed by atoms with Crippen molar-refractivity contribution in [2.24, 2.45) is 5.73 Å². The van der Waals surface area contributed by atoms with E-state index in [0.29, 0.717) is 5.92 Å². The molecule has 1 aromatic carbocycles. The van der Waals surface area contributed by atoms with Crippen LogP contribution in [0.2, 0.25) is 0 Å². The minimum absolute atomic E-state index is 0.529. The molecule has 0 saturated heterocycles. The first-order valence-corrected chi connectivity index (χ1v) is 7.75. The van der Waals surface area contributed by atoms with E-state index in [1.54, 1.807) is 0 Å². The fourth-order valence-corrected chi connectivity index (χ4v) is 3.58. The molecule has 2 heterocycles. The molecule has 20 heavy (non-hydrogen) atoms. The maximum atomic E-state index is 5.65. The number of aromatic nitrogens is 1. The van der Waals surface area contributed by atoms with Gasteiger partial charge in [-0.25, -0.2) is 0 Å². The van der Waals surface area contributed by atoms with Gasteiger partial charge in [0.1, 0.15) is 0 Å². The van der Waals surface area contributed by atoms with Gasteiger partial charge in [0.25, 0.3) is 0 Å². The fourth-order valence-electron chi connectivity index (χ4n) is 2.46. The molecular weight excluding hydrogens is 264 g/mol. The zero-order valence-corrected chi connectivity index (χ0v) is 12.4. The second kappa shape index (κ2) is 5.73. The highest BCUT2D eigenvalue weighted by molar-refractivity contribution is 7.15. The van der Waals surface area contributed by atoms with Crippen molar-refractivity contribution in [1.29, 1.82) is 0 Å². The van der Waals surface area contributed by atoms with Gasteiger partial charge >= 0.3 is 0 Å². The van der Waals surface area contributed by atoms with E-state index in [1.807, 2.05) is 23.6 Å². The number of fused-ring (bicyclic) bond motifs is 1. The maximum absolute atomic E-state index is 5.65. The van der Waals surface area contributed by atoms with Crippen LogP contribution in [0.15, 0.2) is 48.7 Å². The molecule has 0 aliphatic heterocycles. The second-order valence-electron chi connectivity index (χ2n) is 5.06. The van der Waals surface area contributed by atoms with E-state index in [0.717, 1.165) is 18.5 Å². The van der Waals surface area contributed by atoms with Crippen LogP contribution in [0.4, 0.5) is 0 Å². The van der Waals surface area contributed by atoms with Crippen LogP contribution < -0.4 is 5.73 Å². The highest BCUT2D eigenvalue weighted by atomic mass is 32.1. The molecule has 2 aromatic heterocycles. The third-order valence-corrected chi connectivity index (χ3v) is 4.96. The van der Waals surface area contributed by atoms with E-state index in [-0.39, 0.29) is 0 Å². The van der Waals surface area contributed by atoms with Crippen LogP contribution >= 0.6 is 11.3 Å². The van der Waals surface area contributed by atoms with Gasteiger partial charge in [-0.3, -0.25) is 4.98 Å². The van der Waals surface area contributed by atoms with E-state index in [1.165, 1.54) is 20.7 Å². The number of rotatable bonds is 4. The topological polar surface area (TPSA) is 38.9 Å². The Kier molecular flexibility index (Phi) is 3.81. The third kappa shape index (κ3) is 2.47. The van der Waals surface area contributed by atoms with Crippen molar-refractivity contribution in [1.82, 2.24) is 4.98 Å². The molecule has 0 aliphatic carbocycles. The van der Waals surface area contributed by atoms with Crippen LogP contribution in [0.25, 0.3) is 21.3 Å². The van der Waals surface area contributed by atoms with Gasteiger partial charge in [-0.2, -0.15) is 0 Å². The largest absolute Gasteiger partial charge is 0.330 e. The number of hydrogen-bond donors (Lipinski definition) is 1. The SMILES string of the molecule is CC(CCN)c1ccc(-c2cccc3cccnc23)s1. The van der Waals surface area contributed by atoms with Crippen LogP contribution in [-0.2, 0) is 0 Å². The number of nitrogens with two attached hydrogens (primary N) is 1. The molecule has 3 rings (SSSR count). The molecule has 0 aliphatic rings. The van der Waals surface area contributed by atoms with Gasteiger partial charge < -0.3 is 5.73 Å². The lowest BCUT2D eigenvalue weighted by Gasteiger charge is -2.06.